The highest BCUT2D eigenvalue weighted by molar-refractivity contribution is 5.93. The quantitative estimate of drug-likeness (QED) is 0.672. The van der Waals surface area contributed by atoms with Gasteiger partial charge in [0.25, 0.3) is 5.91 Å². The number of benzene rings is 1. The highest BCUT2D eigenvalue weighted by atomic mass is 16.1. The van der Waals surface area contributed by atoms with Crippen molar-refractivity contribution in [2.45, 2.75) is 25.8 Å². The van der Waals surface area contributed by atoms with Crippen LogP contribution in [0.5, 0.6) is 0 Å². The zero-order chi connectivity index (χ0) is 19.9. The van der Waals surface area contributed by atoms with Gasteiger partial charge in [-0.2, -0.15) is 0 Å². The van der Waals surface area contributed by atoms with Crippen molar-refractivity contribution in [2.24, 2.45) is 0 Å². The van der Waals surface area contributed by atoms with Gasteiger partial charge < -0.3 is 15.5 Å². The number of amides is 1. The Labute approximate surface area is 170 Å². The van der Waals surface area contributed by atoms with E-state index >= 15 is 0 Å². The van der Waals surface area contributed by atoms with Crippen LogP contribution in [-0.2, 0) is 6.54 Å². The molecule has 0 radical (unpaired) electrons. The van der Waals surface area contributed by atoms with Gasteiger partial charge in [-0.1, -0.05) is 6.07 Å². The van der Waals surface area contributed by atoms with Gasteiger partial charge in [-0.05, 0) is 55.2 Å². The van der Waals surface area contributed by atoms with Crippen LogP contribution >= 0.6 is 0 Å². The lowest BCUT2D eigenvalue weighted by atomic mass is 10.1. The van der Waals surface area contributed by atoms with Crippen LogP contribution in [0.1, 0.15) is 35.2 Å². The molecule has 0 atom stereocenters. The third-order valence-electron chi connectivity index (χ3n) is 4.93. The summed E-state index contributed by atoms with van der Waals surface area (Å²) in [6.45, 7) is 2.66. The van der Waals surface area contributed by atoms with Crippen LogP contribution in [0.15, 0.2) is 61.2 Å². The van der Waals surface area contributed by atoms with E-state index < -0.39 is 0 Å². The van der Waals surface area contributed by atoms with Crippen molar-refractivity contribution in [3.8, 4) is 0 Å². The first-order valence-electron chi connectivity index (χ1n) is 9.89. The maximum atomic E-state index is 12.2. The summed E-state index contributed by atoms with van der Waals surface area (Å²) in [7, 11) is 0. The minimum absolute atomic E-state index is 0.216. The SMILES string of the molecule is O=C(NCc1cccnc1)c1cnc(Nc2ccc(N3CCCCC3)cc2)nc1. The number of hydrogen-bond donors (Lipinski definition) is 2. The van der Waals surface area contributed by atoms with E-state index in [4.69, 9.17) is 0 Å². The molecule has 1 aliphatic heterocycles. The van der Waals surface area contributed by atoms with Crippen LogP contribution in [0, 0.1) is 0 Å². The number of rotatable bonds is 6. The van der Waals surface area contributed by atoms with Crippen molar-refractivity contribution in [3.05, 3.63) is 72.3 Å². The maximum Gasteiger partial charge on any atom is 0.254 e. The Bertz CT molecular complexity index is 922. The lowest BCUT2D eigenvalue weighted by Gasteiger charge is -2.28. The van der Waals surface area contributed by atoms with E-state index in [1.54, 1.807) is 12.4 Å². The molecular weight excluding hydrogens is 364 g/mol. The Balaban J connectivity index is 1.32. The number of carbonyl (C=O) groups excluding carboxylic acids is 1. The smallest absolute Gasteiger partial charge is 0.254 e. The third-order valence-corrected chi connectivity index (χ3v) is 4.93. The van der Waals surface area contributed by atoms with Crippen molar-refractivity contribution in [3.63, 3.8) is 0 Å². The number of hydrogen-bond acceptors (Lipinski definition) is 6. The lowest BCUT2D eigenvalue weighted by molar-refractivity contribution is 0.0950. The van der Waals surface area contributed by atoms with Crippen LogP contribution in [-0.4, -0.2) is 33.9 Å². The fraction of sp³-hybridized carbons (Fsp3) is 0.273. The minimum Gasteiger partial charge on any atom is -0.372 e. The number of nitrogens with zero attached hydrogens (tertiary/aromatic N) is 4. The molecule has 0 bridgehead atoms. The highest BCUT2D eigenvalue weighted by Gasteiger charge is 2.11. The summed E-state index contributed by atoms with van der Waals surface area (Å²) in [5, 5.41) is 6.02. The second-order valence-electron chi connectivity index (χ2n) is 7.06. The van der Waals surface area contributed by atoms with Crippen molar-refractivity contribution < 1.29 is 4.79 Å². The van der Waals surface area contributed by atoms with E-state index in [9.17, 15) is 4.79 Å². The summed E-state index contributed by atoms with van der Waals surface area (Å²) in [5.41, 5.74) is 3.52. The van der Waals surface area contributed by atoms with Gasteiger partial charge in [0.15, 0.2) is 0 Å². The van der Waals surface area contributed by atoms with Crippen LogP contribution < -0.4 is 15.5 Å². The number of piperidine rings is 1. The first-order valence-corrected chi connectivity index (χ1v) is 9.89. The first kappa shape index (κ1) is 18.9. The average Bonchev–Trinajstić information content (AvgIpc) is 2.80. The fourth-order valence-electron chi connectivity index (χ4n) is 3.33. The zero-order valence-electron chi connectivity index (χ0n) is 16.2. The molecular formula is C22H24N6O. The summed E-state index contributed by atoms with van der Waals surface area (Å²) in [4.78, 5) is 27.2. The Hall–Kier alpha value is -3.48. The standard InChI is InChI=1S/C22H24N6O/c29-21(24-14-17-5-4-10-23-13-17)18-15-25-22(26-16-18)27-19-6-8-20(9-7-19)28-11-2-1-3-12-28/h4-10,13,15-16H,1-3,11-12,14H2,(H,24,29)(H,25,26,27). The van der Waals surface area contributed by atoms with Crippen molar-refractivity contribution in [1.29, 1.82) is 0 Å². The second kappa shape index (κ2) is 9.14. The number of aromatic nitrogens is 3. The molecule has 0 unspecified atom stereocenters. The Morgan fingerprint density at radius 2 is 1.72 bits per heavy atom. The number of carbonyl (C=O) groups is 1. The van der Waals surface area contributed by atoms with E-state index in [0.29, 0.717) is 18.1 Å². The molecule has 1 saturated heterocycles. The Morgan fingerprint density at radius 1 is 0.966 bits per heavy atom. The number of nitrogens with one attached hydrogen (secondary N) is 2. The summed E-state index contributed by atoms with van der Waals surface area (Å²) >= 11 is 0. The predicted octanol–water partition coefficient (Wildman–Crippen LogP) is 3.54. The topological polar surface area (TPSA) is 83.0 Å². The molecule has 1 amide bonds. The predicted molar refractivity (Wildman–Crippen MR) is 113 cm³/mol. The maximum absolute atomic E-state index is 12.2. The molecule has 7 nitrogen and oxygen atoms in total. The molecule has 1 aromatic carbocycles. The van der Waals surface area contributed by atoms with E-state index in [1.807, 2.05) is 24.3 Å². The van der Waals surface area contributed by atoms with Gasteiger partial charge in [-0.3, -0.25) is 9.78 Å². The van der Waals surface area contributed by atoms with Crippen LogP contribution in [0.2, 0.25) is 0 Å². The van der Waals surface area contributed by atoms with Gasteiger partial charge >= 0.3 is 0 Å². The van der Waals surface area contributed by atoms with Crippen molar-refractivity contribution in [1.82, 2.24) is 20.3 Å². The van der Waals surface area contributed by atoms with Crippen LogP contribution in [0.4, 0.5) is 17.3 Å². The van der Waals surface area contributed by atoms with E-state index in [2.05, 4.69) is 42.6 Å². The zero-order valence-corrected chi connectivity index (χ0v) is 16.2. The van der Waals surface area contributed by atoms with E-state index in [1.165, 1.54) is 37.3 Å². The molecule has 1 aliphatic rings. The molecule has 2 aromatic heterocycles. The van der Waals surface area contributed by atoms with Gasteiger partial charge in [0.05, 0.1) is 5.56 Å². The first-order chi connectivity index (χ1) is 14.3. The summed E-state index contributed by atoms with van der Waals surface area (Å²) < 4.78 is 0. The highest BCUT2D eigenvalue weighted by Crippen LogP contribution is 2.22. The van der Waals surface area contributed by atoms with Gasteiger partial charge in [0.1, 0.15) is 0 Å². The Kier molecular flexibility index (Phi) is 5.95. The van der Waals surface area contributed by atoms with E-state index in [0.717, 1.165) is 24.3 Å². The third kappa shape index (κ3) is 5.07. The van der Waals surface area contributed by atoms with E-state index in [-0.39, 0.29) is 5.91 Å². The lowest BCUT2D eigenvalue weighted by Crippen LogP contribution is -2.29. The molecule has 2 N–H and O–H groups in total. The summed E-state index contributed by atoms with van der Waals surface area (Å²) in [5.74, 6) is 0.241. The van der Waals surface area contributed by atoms with Crippen LogP contribution in [0.3, 0.4) is 0 Å². The number of anilines is 3. The molecule has 3 heterocycles. The molecule has 4 rings (SSSR count). The Morgan fingerprint density at radius 3 is 2.41 bits per heavy atom. The van der Waals surface area contributed by atoms with Crippen LogP contribution in [0.25, 0.3) is 0 Å². The summed E-state index contributed by atoms with van der Waals surface area (Å²) in [6, 6.07) is 12.0. The molecule has 0 spiro atoms. The molecule has 29 heavy (non-hydrogen) atoms. The molecule has 7 heteroatoms. The number of pyridine rings is 1. The van der Waals surface area contributed by atoms with Gasteiger partial charge in [-0.15, -0.1) is 0 Å². The second-order valence-corrected chi connectivity index (χ2v) is 7.06. The van der Waals surface area contributed by atoms with Gasteiger partial charge in [0.2, 0.25) is 5.95 Å². The van der Waals surface area contributed by atoms with Gasteiger partial charge in [0, 0.05) is 55.8 Å². The minimum atomic E-state index is -0.216. The van der Waals surface area contributed by atoms with Crippen molar-refractivity contribution >= 4 is 23.2 Å². The van der Waals surface area contributed by atoms with Gasteiger partial charge in [-0.25, -0.2) is 9.97 Å². The fourth-order valence-corrected chi connectivity index (χ4v) is 3.33. The largest absolute Gasteiger partial charge is 0.372 e. The summed E-state index contributed by atoms with van der Waals surface area (Å²) in [6.07, 6.45) is 10.3. The molecule has 0 aliphatic carbocycles. The van der Waals surface area contributed by atoms with Crippen molar-refractivity contribution in [2.75, 3.05) is 23.3 Å². The monoisotopic (exact) mass is 388 g/mol. The molecule has 3 aromatic rings. The molecule has 0 saturated carbocycles. The average molecular weight is 388 g/mol. The normalized spacial score (nSPS) is 13.7. The molecule has 148 valence electrons. The molecule has 1 fully saturated rings.